The molecule has 1 aliphatic heterocycles. The summed E-state index contributed by atoms with van der Waals surface area (Å²) in [6.45, 7) is 1.35. The van der Waals surface area contributed by atoms with Crippen molar-refractivity contribution in [3.63, 3.8) is 0 Å². The molecule has 31 heavy (non-hydrogen) atoms. The third-order valence-corrected chi connectivity index (χ3v) is 6.70. The Bertz CT molecular complexity index is 1090. The number of rotatable bonds is 6. The summed E-state index contributed by atoms with van der Waals surface area (Å²) in [6, 6.07) is 12.9. The van der Waals surface area contributed by atoms with Gasteiger partial charge in [0.2, 0.25) is 0 Å². The maximum absolute atomic E-state index is 12.7. The van der Waals surface area contributed by atoms with Gasteiger partial charge in [-0.1, -0.05) is 11.6 Å². The van der Waals surface area contributed by atoms with Crippen molar-refractivity contribution in [1.82, 2.24) is 5.32 Å². The first-order valence-electron chi connectivity index (χ1n) is 9.76. The summed E-state index contributed by atoms with van der Waals surface area (Å²) >= 11 is 13.0. The van der Waals surface area contributed by atoms with Gasteiger partial charge in [-0.3, -0.25) is 10.1 Å². The first-order valence-corrected chi connectivity index (χ1v) is 11.4. The van der Waals surface area contributed by atoms with Crippen LogP contribution in [0, 0.1) is 0 Å². The number of carbonyl (C=O) groups excluding carboxylic acids is 1. The van der Waals surface area contributed by atoms with E-state index in [1.54, 1.807) is 7.11 Å². The molecule has 1 unspecified atom stereocenters. The number of ether oxygens (including phenoxy) is 3. The third-order valence-electron chi connectivity index (χ3n) is 4.84. The fraction of sp³-hybridized carbons (Fsp3) is 0.273. The lowest BCUT2D eigenvalue weighted by molar-refractivity contribution is 0.0679. The molecule has 2 aromatic carbocycles. The molecule has 1 fully saturated rings. The molecule has 0 saturated carbocycles. The first kappa shape index (κ1) is 21.8. The second kappa shape index (κ2) is 9.82. The molecule has 2 N–H and O–H groups in total. The number of benzene rings is 2. The summed E-state index contributed by atoms with van der Waals surface area (Å²) in [7, 11) is 1.59. The maximum Gasteiger partial charge on any atom is 0.269 e. The number of hydrogen-bond donors (Lipinski definition) is 2. The Labute approximate surface area is 194 Å². The largest absolute Gasteiger partial charge is 0.497 e. The maximum atomic E-state index is 12.7. The summed E-state index contributed by atoms with van der Waals surface area (Å²) in [6.07, 6.45) is 2.29. The van der Waals surface area contributed by atoms with Crippen LogP contribution in [0.4, 0.5) is 5.69 Å². The van der Waals surface area contributed by atoms with Crippen molar-refractivity contribution >= 4 is 61.9 Å². The Hall–Kier alpha value is -2.39. The molecule has 1 aromatic heterocycles. The fourth-order valence-corrected chi connectivity index (χ4v) is 4.89. The minimum absolute atomic E-state index is 0.169. The molecule has 9 heteroatoms. The average Bonchev–Trinajstić information content (AvgIpc) is 3.41. The number of hydrogen-bond acceptors (Lipinski definition) is 6. The Morgan fingerprint density at radius 3 is 2.74 bits per heavy atom. The molecule has 0 spiro atoms. The van der Waals surface area contributed by atoms with E-state index in [4.69, 9.17) is 38.0 Å². The summed E-state index contributed by atoms with van der Waals surface area (Å²) in [5, 5.41) is 7.06. The fourth-order valence-electron chi connectivity index (χ4n) is 3.24. The van der Waals surface area contributed by atoms with Crippen LogP contribution in [-0.4, -0.2) is 37.4 Å². The van der Waals surface area contributed by atoms with Gasteiger partial charge in [-0.25, -0.2) is 0 Å². The zero-order valence-corrected chi connectivity index (χ0v) is 19.2. The van der Waals surface area contributed by atoms with Gasteiger partial charge in [0.1, 0.15) is 23.0 Å². The molecule has 1 amide bonds. The van der Waals surface area contributed by atoms with Crippen LogP contribution in [0.2, 0.25) is 5.02 Å². The van der Waals surface area contributed by atoms with Crippen LogP contribution in [0.15, 0.2) is 42.5 Å². The lowest BCUT2D eigenvalue weighted by Gasteiger charge is -2.12. The van der Waals surface area contributed by atoms with Gasteiger partial charge in [0.15, 0.2) is 5.11 Å². The van der Waals surface area contributed by atoms with Gasteiger partial charge in [-0.15, -0.1) is 11.3 Å². The van der Waals surface area contributed by atoms with Crippen LogP contribution in [0.1, 0.15) is 22.5 Å². The van der Waals surface area contributed by atoms with Crippen molar-refractivity contribution in [1.29, 1.82) is 0 Å². The van der Waals surface area contributed by atoms with E-state index < -0.39 is 0 Å². The van der Waals surface area contributed by atoms with E-state index in [1.165, 1.54) is 11.3 Å². The molecule has 0 aliphatic carbocycles. The number of anilines is 1. The molecular formula is C22H21ClN2O4S2. The minimum atomic E-state index is -0.362. The van der Waals surface area contributed by atoms with Crippen molar-refractivity contribution in [2.24, 2.45) is 0 Å². The van der Waals surface area contributed by atoms with Crippen LogP contribution in [-0.2, 0) is 4.74 Å². The summed E-state index contributed by atoms with van der Waals surface area (Å²) in [5.74, 6) is 1.10. The van der Waals surface area contributed by atoms with Crippen LogP contribution < -0.4 is 20.1 Å². The minimum Gasteiger partial charge on any atom is -0.497 e. The normalized spacial score (nSPS) is 15.6. The van der Waals surface area contributed by atoms with Gasteiger partial charge < -0.3 is 19.5 Å². The highest BCUT2D eigenvalue weighted by molar-refractivity contribution is 7.80. The molecule has 3 aromatic rings. The molecule has 162 valence electrons. The molecule has 1 aliphatic rings. The second-order valence-electron chi connectivity index (χ2n) is 6.99. The highest BCUT2D eigenvalue weighted by Gasteiger charge is 2.19. The highest BCUT2D eigenvalue weighted by atomic mass is 35.5. The van der Waals surface area contributed by atoms with Crippen molar-refractivity contribution in [3.05, 3.63) is 52.4 Å². The van der Waals surface area contributed by atoms with Crippen LogP contribution in [0.3, 0.4) is 0 Å². The van der Waals surface area contributed by atoms with E-state index in [-0.39, 0.29) is 17.1 Å². The first-order chi connectivity index (χ1) is 15.0. The van der Waals surface area contributed by atoms with E-state index in [2.05, 4.69) is 10.6 Å². The van der Waals surface area contributed by atoms with Gasteiger partial charge in [-0.2, -0.15) is 0 Å². The monoisotopic (exact) mass is 476 g/mol. The number of carbonyl (C=O) groups is 1. The van der Waals surface area contributed by atoms with Gasteiger partial charge in [0, 0.05) is 22.4 Å². The summed E-state index contributed by atoms with van der Waals surface area (Å²) in [4.78, 5) is 13.1. The number of halogens is 1. The van der Waals surface area contributed by atoms with Gasteiger partial charge in [0.25, 0.3) is 5.91 Å². The number of methoxy groups -OCH3 is 1. The number of amides is 1. The Morgan fingerprint density at radius 2 is 2.03 bits per heavy atom. The van der Waals surface area contributed by atoms with Gasteiger partial charge in [-0.05, 0) is 67.5 Å². The van der Waals surface area contributed by atoms with E-state index in [0.29, 0.717) is 22.3 Å². The van der Waals surface area contributed by atoms with Crippen molar-refractivity contribution < 1.29 is 19.0 Å². The van der Waals surface area contributed by atoms with E-state index >= 15 is 0 Å². The van der Waals surface area contributed by atoms with Crippen molar-refractivity contribution in [3.8, 4) is 11.5 Å². The lowest BCUT2D eigenvalue weighted by Crippen LogP contribution is -2.33. The average molecular weight is 477 g/mol. The highest BCUT2D eigenvalue weighted by Crippen LogP contribution is 2.37. The Kier molecular flexibility index (Phi) is 6.92. The van der Waals surface area contributed by atoms with Gasteiger partial charge >= 0.3 is 0 Å². The SMILES string of the molecule is COc1ccc2c(Cl)c(C(=O)NC(=S)Nc3ccc(OCC4CCCO4)cc3)sc2c1. The van der Waals surface area contributed by atoms with Crippen LogP contribution >= 0.6 is 35.2 Å². The zero-order valence-electron chi connectivity index (χ0n) is 16.8. The van der Waals surface area contributed by atoms with E-state index in [9.17, 15) is 4.79 Å². The number of nitrogens with one attached hydrogen (secondary N) is 2. The smallest absolute Gasteiger partial charge is 0.269 e. The Balaban J connectivity index is 1.34. The van der Waals surface area contributed by atoms with E-state index in [0.717, 1.165) is 41.0 Å². The summed E-state index contributed by atoms with van der Waals surface area (Å²) < 4.78 is 17.4. The molecule has 6 nitrogen and oxygen atoms in total. The molecule has 1 saturated heterocycles. The quantitative estimate of drug-likeness (QED) is 0.474. The van der Waals surface area contributed by atoms with Crippen molar-refractivity contribution in [2.75, 3.05) is 25.6 Å². The van der Waals surface area contributed by atoms with E-state index in [1.807, 2.05) is 42.5 Å². The van der Waals surface area contributed by atoms with Crippen LogP contribution in [0.25, 0.3) is 10.1 Å². The zero-order chi connectivity index (χ0) is 21.8. The molecule has 1 atom stereocenters. The van der Waals surface area contributed by atoms with Crippen LogP contribution in [0.5, 0.6) is 11.5 Å². The number of fused-ring (bicyclic) bond motifs is 1. The Morgan fingerprint density at radius 1 is 1.26 bits per heavy atom. The molecule has 2 heterocycles. The molecule has 4 rings (SSSR count). The predicted molar refractivity (Wildman–Crippen MR) is 128 cm³/mol. The predicted octanol–water partition coefficient (Wildman–Crippen LogP) is 5.25. The number of thiocarbonyl (C=S) groups is 1. The molecule has 0 radical (unpaired) electrons. The number of thiophene rings is 1. The second-order valence-corrected chi connectivity index (χ2v) is 8.82. The summed E-state index contributed by atoms with van der Waals surface area (Å²) in [5.41, 5.74) is 0.738. The third kappa shape index (κ3) is 5.27. The topological polar surface area (TPSA) is 68.8 Å². The van der Waals surface area contributed by atoms with Crippen molar-refractivity contribution in [2.45, 2.75) is 18.9 Å². The molecular weight excluding hydrogens is 456 g/mol. The lowest BCUT2D eigenvalue weighted by atomic mass is 10.2. The molecule has 0 bridgehead atoms. The van der Waals surface area contributed by atoms with Gasteiger partial charge in [0.05, 0.1) is 18.2 Å². The standard InChI is InChI=1S/C22H21ClN2O4S2/c1-27-15-8-9-17-18(11-15)31-20(19(17)23)21(26)25-22(30)24-13-4-6-14(7-5-13)29-12-16-3-2-10-28-16/h4-9,11,16H,2-3,10,12H2,1H3,(H2,24,25,26,30).